The minimum atomic E-state index is -3.87. The molecule has 0 saturated carbocycles. The molecule has 0 spiro atoms. The number of carbonyl (C=O) groups is 1. The van der Waals surface area contributed by atoms with Crippen LogP contribution >= 0.6 is 0 Å². The highest BCUT2D eigenvalue weighted by molar-refractivity contribution is 7.92. The van der Waals surface area contributed by atoms with Gasteiger partial charge < -0.3 is 10.1 Å². The molecule has 1 unspecified atom stereocenters. The van der Waals surface area contributed by atoms with E-state index in [0.717, 1.165) is 11.1 Å². The number of ether oxygens (including phenoxy) is 1. The molecule has 1 amide bonds. The highest BCUT2D eigenvalue weighted by atomic mass is 32.2. The van der Waals surface area contributed by atoms with Crippen LogP contribution in [0.4, 0.5) is 0 Å². The molecule has 9 heteroatoms. The maximum absolute atomic E-state index is 12.7. The van der Waals surface area contributed by atoms with Gasteiger partial charge in [0.05, 0.1) is 18.0 Å². The number of sulfone groups is 1. The number of rotatable bonds is 8. The molecule has 1 N–H and O–H groups in total. The van der Waals surface area contributed by atoms with E-state index in [2.05, 4.69) is 10.3 Å². The summed E-state index contributed by atoms with van der Waals surface area (Å²) in [5, 5.41) is 1.29. The Morgan fingerprint density at radius 2 is 1.90 bits per heavy atom. The van der Waals surface area contributed by atoms with Crippen molar-refractivity contribution in [3.63, 3.8) is 0 Å². The summed E-state index contributed by atoms with van der Waals surface area (Å²) < 4.78 is 32.3. The smallest absolute Gasteiger partial charge is 0.258 e. The van der Waals surface area contributed by atoms with Gasteiger partial charge in [-0.2, -0.15) is 0 Å². The average molecular weight is 444 g/mol. The fourth-order valence-corrected chi connectivity index (χ4v) is 4.23. The molecule has 2 heterocycles. The van der Waals surface area contributed by atoms with Gasteiger partial charge in [-0.1, -0.05) is 12.1 Å². The Labute approximate surface area is 180 Å². The summed E-state index contributed by atoms with van der Waals surface area (Å²) >= 11 is 0. The minimum absolute atomic E-state index is 0.109. The lowest BCUT2D eigenvalue weighted by molar-refractivity contribution is -0.120. The van der Waals surface area contributed by atoms with Gasteiger partial charge in [-0.3, -0.25) is 14.0 Å². The van der Waals surface area contributed by atoms with E-state index in [-0.39, 0.29) is 24.4 Å². The Morgan fingerprint density at radius 1 is 1.16 bits per heavy atom. The van der Waals surface area contributed by atoms with Gasteiger partial charge in [0.15, 0.2) is 9.84 Å². The standard InChI is InChI=1S/C22H25N3O5S/c1-15-5-4-6-19(11-15)30-10-8-23-22(27)17(3)31(28,29)14-18-13-21(26)25-9-7-16(2)12-20(25)24-18/h4-7,9,11-13,17H,8,10,14H2,1-3H3,(H,23,27). The number of benzene rings is 1. The zero-order valence-corrected chi connectivity index (χ0v) is 18.5. The molecule has 1 atom stereocenters. The summed E-state index contributed by atoms with van der Waals surface area (Å²) in [4.78, 5) is 28.9. The third kappa shape index (κ3) is 5.69. The number of aromatic nitrogens is 2. The van der Waals surface area contributed by atoms with Gasteiger partial charge in [0.1, 0.15) is 23.3 Å². The van der Waals surface area contributed by atoms with Gasteiger partial charge in [0, 0.05) is 12.3 Å². The predicted molar refractivity (Wildman–Crippen MR) is 118 cm³/mol. The van der Waals surface area contributed by atoms with Crippen LogP contribution in [0, 0.1) is 13.8 Å². The fourth-order valence-electron chi connectivity index (χ4n) is 3.01. The number of fused-ring (bicyclic) bond motifs is 1. The molecule has 31 heavy (non-hydrogen) atoms. The van der Waals surface area contributed by atoms with Crippen molar-refractivity contribution in [2.75, 3.05) is 13.2 Å². The predicted octanol–water partition coefficient (Wildman–Crippen LogP) is 1.81. The van der Waals surface area contributed by atoms with E-state index in [0.29, 0.717) is 11.4 Å². The summed E-state index contributed by atoms with van der Waals surface area (Å²) in [7, 11) is -3.87. The molecular weight excluding hydrogens is 418 g/mol. The van der Waals surface area contributed by atoms with Crippen molar-refractivity contribution in [3.8, 4) is 5.75 Å². The zero-order chi connectivity index (χ0) is 22.6. The summed E-state index contributed by atoms with van der Waals surface area (Å²) in [5.74, 6) is -0.443. The quantitative estimate of drug-likeness (QED) is 0.532. The van der Waals surface area contributed by atoms with Gasteiger partial charge in [0.25, 0.3) is 5.56 Å². The van der Waals surface area contributed by atoms with Crippen molar-refractivity contribution in [1.82, 2.24) is 14.7 Å². The van der Waals surface area contributed by atoms with E-state index < -0.39 is 26.7 Å². The van der Waals surface area contributed by atoms with Crippen molar-refractivity contribution in [1.29, 1.82) is 0 Å². The Balaban J connectivity index is 1.61. The first-order valence-corrected chi connectivity index (χ1v) is 11.5. The second kappa shape index (κ2) is 9.30. The minimum Gasteiger partial charge on any atom is -0.492 e. The molecule has 8 nitrogen and oxygen atoms in total. The first-order chi connectivity index (χ1) is 14.7. The van der Waals surface area contributed by atoms with E-state index in [1.807, 2.05) is 38.1 Å². The van der Waals surface area contributed by atoms with Crippen molar-refractivity contribution >= 4 is 21.4 Å². The largest absolute Gasteiger partial charge is 0.492 e. The number of aryl methyl sites for hydroxylation is 2. The molecule has 0 bridgehead atoms. The Morgan fingerprint density at radius 3 is 2.65 bits per heavy atom. The van der Waals surface area contributed by atoms with Crippen LogP contribution in [0.5, 0.6) is 5.75 Å². The summed E-state index contributed by atoms with van der Waals surface area (Å²) in [5.41, 5.74) is 2.05. The van der Waals surface area contributed by atoms with Crippen LogP contribution < -0.4 is 15.6 Å². The lowest BCUT2D eigenvalue weighted by Crippen LogP contribution is -2.40. The number of hydrogen-bond donors (Lipinski definition) is 1. The summed E-state index contributed by atoms with van der Waals surface area (Å²) in [6, 6.07) is 12.1. The normalized spacial score (nSPS) is 12.5. The molecule has 3 aromatic rings. The highest BCUT2D eigenvalue weighted by Crippen LogP contribution is 2.13. The molecule has 0 radical (unpaired) electrons. The van der Waals surface area contributed by atoms with Crippen LogP contribution in [-0.2, 0) is 20.4 Å². The topological polar surface area (TPSA) is 107 Å². The second-order valence-corrected chi connectivity index (χ2v) is 9.74. The Hall–Kier alpha value is -3.20. The van der Waals surface area contributed by atoms with E-state index in [1.165, 1.54) is 17.4 Å². The Kier molecular flexibility index (Phi) is 6.74. The zero-order valence-electron chi connectivity index (χ0n) is 17.7. The van der Waals surface area contributed by atoms with Gasteiger partial charge in [-0.15, -0.1) is 0 Å². The number of nitrogens with one attached hydrogen (secondary N) is 1. The third-order valence-corrected chi connectivity index (χ3v) is 6.78. The van der Waals surface area contributed by atoms with Crippen LogP contribution in [-0.4, -0.2) is 42.1 Å². The molecule has 164 valence electrons. The molecule has 0 aliphatic rings. The molecule has 0 fully saturated rings. The summed E-state index contributed by atoms with van der Waals surface area (Å²) in [6.45, 7) is 5.50. The van der Waals surface area contributed by atoms with Gasteiger partial charge >= 0.3 is 0 Å². The maximum Gasteiger partial charge on any atom is 0.258 e. The lowest BCUT2D eigenvalue weighted by Gasteiger charge is -2.14. The second-order valence-electron chi connectivity index (χ2n) is 7.42. The fraction of sp³-hybridized carbons (Fsp3) is 0.318. The van der Waals surface area contributed by atoms with Crippen LogP contribution in [0.1, 0.15) is 23.7 Å². The molecule has 0 aliphatic carbocycles. The third-order valence-electron chi connectivity index (χ3n) is 4.79. The number of nitrogens with zero attached hydrogens (tertiary/aromatic N) is 2. The van der Waals surface area contributed by atoms with Gasteiger partial charge in [0.2, 0.25) is 5.91 Å². The van der Waals surface area contributed by atoms with E-state index in [4.69, 9.17) is 4.74 Å². The number of hydrogen-bond acceptors (Lipinski definition) is 6. The highest BCUT2D eigenvalue weighted by Gasteiger charge is 2.28. The summed E-state index contributed by atoms with van der Waals surface area (Å²) in [6.07, 6.45) is 1.59. The first-order valence-electron chi connectivity index (χ1n) is 9.83. The molecule has 0 aliphatic heterocycles. The molecule has 0 saturated heterocycles. The Bertz CT molecular complexity index is 1270. The van der Waals surface area contributed by atoms with Gasteiger partial charge in [-0.05, 0) is 56.2 Å². The number of pyridine rings is 1. The van der Waals surface area contributed by atoms with Crippen molar-refractivity contribution in [2.45, 2.75) is 31.8 Å². The average Bonchev–Trinajstić information content (AvgIpc) is 2.69. The maximum atomic E-state index is 12.7. The van der Waals surface area contributed by atoms with Crippen molar-refractivity contribution in [2.24, 2.45) is 0 Å². The van der Waals surface area contributed by atoms with Crippen LogP contribution in [0.15, 0.2) is 53.5 Å². The number of carbonyl (C=O) groups excluding carboxylic acids is 1. The van der Waals surface area contributed by atoms with Crippen molar-refractivity contribution < 1.29 is 17.9 Å². The molecular formula is C22H25N3O5S. The van der Waals surface area contributed by atoms with Crippen LogP contribution in [0.3, 0.4) is 0 Å². The van der Waals surface area contributed by atoms with E-state index >= 15 is 0 Å². The SMILES string of the molecule is Cc1cccc(OCCNC(=O)C(C)S(=O)(=O)Cc2cc(=O)n3ccc(C)cc3n2)c1. The van der Waals surface area contributed by atoms with E-state index in [1.54, 1.807) is 18.3 Å². The lowest BCUT2D eigenvalue weighted by atomic mass is 10.2. The van der Waals surface area contributed by atoms with Crippen LogP contribution in [0.2, 0.25) is 0 Å². The molecule has 3 rings (SSSR count). The van der Waals surface area contributed by atoms with E-state index in [9.17, 15) is 18.0 Å². The molecule has 1 aromatic carbocycles. The van der Waals surface area contributed by atoms with Gasteiger partial charge in [-0.25, -0.2) is 13.4 Å². The molecule has 2 aromatic heterocycles. The first kappa shape index (κ1) is 22.5. The van der Waals surface area contributed by atoms with Crippen LogP contribution in [0.25, 0.3) is 5.65 Å². The number of amides is 1. The monoisotopic (exact) mass is 443 g/mol. The van der Waals surface area contributed by atoms with Crippen molar-refractivity contribution in [3.05, 3.63) is 75.8 Å².